The first-order valence-electron chi connectivity index (χ1n) is 8.66. The van der Waals surface area contributed by atoms with Crippen LogP contribution in [0.3, 0.4) is 0 Å². The van der Waals surface area contributed by atoms with Gasteiger partial charge in [-0.25, -0.2) is 5.43 Å². The highest BCUT2D eigenvalue weighted by Gasteiger charge is 2.07. The van der Waals surface area contributed by atoms with E-state index in [4.69, 9.17) is 9.47 Å². The van der Waals surface area contributed by atoms with E-state index in [9.17, 15) is 4.79 Å². The van der Waals surface area contributed by atoms with Gasteiger partial charge in [0.2, 0.25) is 0 Å². The Morgan fingerprint density at radius 1 is 1.07 bits per heavy atom. The number of aryl methyl sites for hydroxylation is 2. The summed E-state index contributed by atoms with van der Waals surface area (Å²) in [5, 5.41) is 6.14. The summed E-state index contributed by atoms with van der Waals surface area (Å²) in [6.45, 7) is 3.82. The van der Waals surface area contributed by atoms with Crippen LogP contribution in [0.4, 0.5) is 0 Å². The Morgan fingerprint density at radius 3 is 2.70 bits per heavy atom. The number of carbonyl (C=O) groups is 1. The zero-order chi connectivity index (χ0) is 19.2. The first-order chi connectivity index (χ1) is 13.1. The van der Waals surface area contributed by atoms with Gasteiger partial charge < -0.3 is 9.47 Å². The Bertz CT molecular complexity index is 996. The Morgan fingerprint density at radius 2 is 1.89 bits per heavy atom. The molecule has 27 heavy (non-hydrogen) atoms. The highest BCUT2D eigenvalue weighted by molar-refractivity contribution is 6.02. The van der Waals surface area contributed by atoms with E-state index in [-0.39, 0.29) is 12.5 Å². The van der Waals surface area contributed by atoms with E-state index < -0.39 is 0 Å². The van der Waals surface area contributed by atoms with Crippen LogP contribution in [0.1, 0.15) is 16.7 Å². The van der Waals surface area contributed by atoms with Crippen molar-refractivity contribution >= 4 is 22.9 Å². The lowest BCUT2D eigenvalue weighted by Crippen LogP contribution is -2.24. The van der Waals surface area contributed by atoms with Gasteiger partial charge in [-0.05, 0) is 47.9 Å². The van der Waals surface area contributed by atoms with Crippen molar-refractivity contribution in [2.24, 2.45) is 5.10 Å². The second-order valence-corrected chi connectivity index (χ2v) is 6.25. The summed E-state index contributed by atoms with van der Waals surface area (Å²) in [5.41, 5.74) is 5.38. The lowest BCUT2D eigenvalue weighted by molar-refractivity contribution is -0.123. The van der Waals surface area contributed by atoms with Gasteiger partial charge in [-0.3, -0.25) is 4.79 Å². The summed E-state index contributed by atoms with van der Waals surface area (Å²) in [5.74, 6) is 1.06. The summed E-state index contributed by atoms with van der Waals surface area (Å²) in [4.78, 5) is 12.0. The van der Waals surface area contributed by atoms with Crippen molar-refractivity contribution in [3.8, 4) is 11.5 Å². The minimum atomic E-state index is -0.327. The van der Waals surface area contributed by atoms with Crippen molar-refractivity contribution in [3.05, 3.63) is 71.3 Å². The summed E-state index contributed by atoms with van der Waals surface area (Å²) >= 11 is 0. The molecule has 0 radical (unpaired) electrons. The van der Waals surface area contributed by atoms with Gasteiger partial charge in [-0.1, -0.05) is 42.5 Å². The van der Waals surface area contributed by atoms with Crippen LogP contribution in [0, 0.1) is 13.8 Å². The van der Waals surface area contributed by atoms with E-state index in [0.29, 0.717) is 11.5 Å². The number of nitrogens with zero attached hydrogens (tertiary/aromatic N) is 1. The smallest absolute Gasteiger partial charge is 0.277 e. The summed E-state index contributed by atoms with van der Waals surface area (Å²) < 4.78 is 11.0. The van der Waals surface area contributed by atoms with Crippen LogP contribution in [0.2, 0.25) is 0 Å². The largest absolute Gasteiger partial charge is 0.496 e. The van der Waals surface area contributed by atoms with Crippen LogP contribution < -0.4 is 14.9 Å². The average Bonchev–Trinajstić information content (AvgIpc) is 2.68. The molecular formula is C22H22N2O3. The molecule has 0 saturated heterocycles. The first-order valence-corrected chi connectivity index (χ1v) is 8.66. The van der Waals surface area contributed by atoms with E-state index in [1.807, 2.05) is 68.4 Å². The molecule has 0 fully saturated rings. The number of hydrogen-bond donors (Lipinski definition) is 1. The van der Waals surface area contributed by atoms with Crippen molar-refractivity contribution in [2.75, 3.05) is 13.7 Å². The SMILES string of the molecule is COc1ccc2ccccc2c1C=NNC(=O)COc1cc(C)ccc1C. The number of nitrogens with one attached hydrogen (secondary N) is 1. The van der Waals surface area contributed by atoms with Crippen molar-refractivity contribution in [1.29, 1.82) is 0 Å². The highest BCUT2D eigenvalue weighted by atomic mass is 16.5. The van der Waals surface area contributed by atoms with E-state index >= 15 is 0 Å². The molecule has 5 heteroatoms. The fourth-order valence-electron chi connectivity index (χ4n) is 2.79. The van der Waals surface area contributed by atoms with E-state index in [1.54, 1.807) is 13.3 Å². The summed E-state index contributed by atoms with van der Waals surface area (Å²) in [6.07, 6.45) is 1.59. The summed E-state index contributed by atoms with van der Waals surface area (Å²) in [7, 11) is 1.61. The summed E-state index contributed by atoms with van der Waals surface area (Å²) in [6, 6.07) is 17.7. The number of hydrogen-bond acceptors (Lipinski definition) is 4. The normalized spacial score (nSPS) is 10.9. The highest BCUT2D eigenvalue weighted by Crippen LogP contribution is 2.26. The van der Waals surface area contributed by atoms with Gasteiger partial charge in [0.1, 0.15) is 11.5 Å². The van der Waals surface area contributed by atoms with Gasteiger partial charge in [0.15, 0.2) is 6.61 Å². The van der Waals surface area contributed by atoms with E-state index in [1.165, 1.54) is 0 Å². The number of rotatable bonds is 6. The molecule has 1 N–H and O–H groups in total. The maximum Gasteiger partial charge on any atom is 0.277 e. The fourth-order valence-corrected chi connectivity index (χ4v) is 2.79. The van der Waals surface area contributed by atoms with Crippen molar-refractivity contribution in [1.82, 2.24) is 5.43 Å². The van der Waals surface area contributed by atoms with Crippen LogP contribution in [0.5, 0.6) is 11.5 Å². The zero-order valence-corrected chi connectivity index (χ0v) is 15.7. The third-order valence-electron chi connectivity index (χ3n) is 4.24. The van der Waals surface area contributed by atoms with Crippen LogP contribution in [0.25, 0.3) is 10.8 Å². The number of methoxy groups -OCH3 is 1. The monoisotopic (exact) mass is 362 g/mol. The van der Waals surface area contributed by atoms with E-state index in [2.05, 4.69) is 10.5 Å². The molecule has 5 nitrogen and oxygen atoms in total. The number of carbonyl (C=O) groups excluding carboxylic acids is 1. The molecule has 0 unspecified atom stereocenters. The second kappa shape index (κ2) is 8.36. The maximum absolute atomic E-state index is 12.0. The molecule has 0 saturated carbocycles. The second-order valence-electron chi connectivity index (χ2n) is 6.25. The molecule has 3 aromatic carbocycles. The third kappa shape index (κ3) is 4.44. The molecule has 0 aliphatic heterocycles. The molecule has 3 rings (SSSR count). The fraction of sp³-hybridized carbons (Fsp3) is 0.182. The number of amides is 1. The lowest BCUT2D eigenvalue weighted by atomic mass is 10.0. The van der Waals surface area contributed by atoms with Crippen LogP contribution in [-0.4, -0.2) is 25.8 Å². The minimum Gasteiger partial charge on any atom is -0.496 e. The predicted molar refractivity (Wildman–Crippen MR) is 108 cm³/mol. The number of ether oxygens (including phenoxy) is 2. The van der Waals surface area contributed by atoms with E-state index in [0.717, 1.165) is 27.5 Å². The van der Waals surface area contributed by atoms with Gasteiger partial charge in [0, 0.05) is 5.56 Å². The quantitative estimate of drug-likeness (QED) is 0.533. The Labute approximate surface area is 158 Å². The molecule has 1 amide bonds. The molecule has 0 aliphatic rings. The molecule has 3 aromatic rings. The van der Waals surface area contributed by atoms with Crippen LogP contribution >= 0.6 is 0 Å². The van der Waals surface area contributed by atoms with Gasteiger partial charge in [-0.15, -0.1) is 0 Å². The molecule has 0 bridgehead atoms. The maximum atomic E-state index is 12.0. The Kier molecular flexibility index (Phi) is 5.71. The van der Waals surface area contributed by atoms with Gasteiger partial charge in [0.05, 0.1) is 13.3 Å². The molecule has 0 atom stereocenters. The molecule has 0 spiro atoms. The van der Waals surface area contributed by atoms with Crippen molar-refractivity contribution < 1.29 is 14.3 Å². The molecule has 0 heterocycles. The molecular weight excluding hydrogens is 340 g/mol. The lowest BCUT2D eigenvalue weighted by Gasteiger charge is -2.09. The van der Waals surface area contributed by atoms with Gasteiger partial charge in [-0.2, -0.15) is 5.10 Å². The van der Waals surface area contributed by atoms with Crippen molar-refractivity contribution in [2.45, 2.75) is 13.8 Å². The number of fused-ring (bicyclic) bond motifs is 1. The first kappa shape index (κ1) is 18.5. The topological polar surface area (TPSA) is 59.9 Å². The number of hydrazone groups is 1. The van der Waals surface area contributed by atoms with Crippen LogP contribution in [0.15, 0.2) is 59.7 Å². The van der Waals surface area contributed by atoms with Gasteiger partial charge in [0.25, 0.3) is 5.91 Å². The Balaban J connectivity index is 1.68. The third-order valence-corrected chi connectivity index (χ3v) is 4.24. The standard InChI is InChI=1S/C22H22N2O3/c1-15-8-9-16(2)21(12-15)27-14-22(25)24-23-13-19-18-7-5-4-6-17(18)10-11-20(19)26-3/h4-13H,14H2,1-3H3,(H,24,25). The molecule has 0 aromatic heterocycles. The number of benzene rings is 3. The zero-order valence-electron chi connectivity index (χ0n) is 15.7. The van der Waals surface area contributed by atoms with Crippen molar-refractivity contribution in [3.63, 3.8) is 0 Å². The molecule has 0 aliphatic carbocycles. The average molecular weight is 362 g/mol. The Hall–Kier alpha value is -3.34. The van der Waals surface area contributed by atoms with Crippen LogP contribution in [-0.2, 0) is 4.79 Å². The van der Waals surface area contributed by atoms with Gasteiger partial charge >= 0.3 is 0 Å². The molecule has 138 valence electrons. The predicted octanol–water partition coefficient (Wildman–Crippen LogP) is 3.99. The minimum absolute atomic E-state index is 0.103.